The average molecular weight is 593 g/mol. The number of fused-ring (bicyclic) bond motifs is 2. The van der Waals surface area contributed by atoms with E-state index in [4.69, 9.17) is 9.47 Å². The van der Waals surface area contributed by atoms with Crippen molar-refractivity contribution < 1.29 is 18.7 Å². The molecule has 3 N–H and O–H groups in total. The number of piperidine rings is 1. The van der Waals surface area contributed by atoms with Crippen LogP contribution >= 0.6 is 0 Å². The predicted molar refractivity (Wildman–Crippen MR) is 165 cm³/mol. The summed E-state index contributed by atoms with van der Waals surface area (Å²) in [6.45, 7) is 2.04. The number of rotatable bonds is 7. The van der Waals surface area contributed by atoms with E-state index >= 15 is 0 Å². The van der Waals surface area contributed by atoms with Crippen molar-refractivity contribution in [2.75, 3.05) is 30.3 Å². The van der Waals surface area contributed by atoms with Gasteiger partial charge in [0.1, 0.15) is 23.5 Å². The highest BCUT2D eigenvalue weighted by Crippen LogP contribution is 2.31. The molecule has 222 valence electrons. The first-order valence-corrected chi connectivity index (χ1v) is 14.5. The van der Waals surface area contributed by atoms with Crippen molar-refractivity contribution in [3.63, 3.8) is 0 Å². The maximum absolute atomic E-state index is 14.5. The molecule has 3 aromatic carbocycles. The molecule has 5 aromatic rings. The minimum atomic E-state index is -0.932. The molecule has 4 heterocycles. The lowest BCUT2D eigenvalue weighted by Gasteiger charge is -2.27. The second-order valence-corrected chi connectivity index (χ2v) is 10.7. The van der Waals surface area contributed by atoms with Crippen molar-refractivity contribution in [2.24, 2.45) is 0 Å². The molecule has 0 amide bonds. The van der Waals surface area contributed by atoms with Gasteiger partial charge in [0, 0.05) is 35.1 Å². The number of halogens is 1. The van der Waals surface area contributed by atoms with Crippen LogP contribution in [0.15, 0.2) is 89.9 Å². The molecule has 10 nitrogen and oxygen atoms in total. The fourth-order valence-corrected chi connectivity index (χ4v) is 5.55. The molecule has 1 atom stereocenters. The first-order valence-electron chi connectivity index (χ1n) is 14.5. The van der Waals surface area contributed by atoms with Gasteiger partial charge in [0.05, 0.1) is 0 Å². The third kappa shape index (κ3) is 5.45. The summed E-state index contributed by atoms with van der Waals surface area (Å²) in [7, 11) is 0. The number of nitrogens with zero attached hydrogens (tertiary/aromatic N) is 3. The number of Topliss-reactive ketones (excluding diaryl/α,β-unsaturated/α-hetero) is 1. The first-order chi connectivity index (χ1) is 21.5. The molecule has 0 radical (unpaired) electrons. The van der Waals surface area contributed by atoms with Gasteiger partial charge in [0.15, 0.2) is 23.1 Å². The Morgan fingerprint density at radius 1 is 0.932 bits per heavy atom. The van der Waals surface area contributed by atoms with E-state index in [9.17, 15) is 14.0 Å². The minimum Gasteiger partial charge on any atom is -0.490 e. The number of nitrogens with one attached hydrogen (secondary N) is 3. The summed E-state index contributed by atoms with van der Waals surface area (Å²) in [4.78, 5) is 36.8. The van der Waals surface area contributed by atoms with Crippen molar-refractivity contribution in [1.82, 2.24) is 19.9 Å². The molecule has 1 unspecified atom stereocenters. The second kappa shape index (κ2) is 11.8. The number of aromatic nitrogens is 3. The van der Waals surface area contributed by atoms with Gasteiger partial charge < -0.3 is 25.4 Å². The number of anilines is 3. The van der Waals surface area contributed by atoms with Gasteiger partial charge in [-0.2, -0.15) is 4.98 Å². The van der Waals surface area contributed by atoms with Crippen molar-refractivity contribution in [2.45, 2.75) is 25.0 Å². The summed E-state index contributed by atoms with van der Waals surface area (Å²) in [6, 6.07) is 21.0. The van der Waals surface area contributed by atoms with Crippen LogP contribution in [0.3, 0.4) is 0 Å². The normalized spacial score (nSPS) is 16.7. The topological polar surface area (TPSA) is 119 Å². The number of hydrogen-bond donors (Lipinski definition) is 3. The predicted octanol–water partition coefficient (Wildman–Crippen LogP) is 5.45. The van der Waals surface area contributed by atoms with Gasteiger partial charge >= 0.3 is 0 Å². The zero-order valence-electron chi connectivity index (χ0n) is 23.6. The molecular formula is C33H29FN6O4. The molecule has 7 rings (SSSR count). The number of hydrogen-bond acceptors (Lipinski definition) is 9. The first kappa shape index (κ1) is 27.5. The molecule has 44 heavy (non-hydrogen) atoms. The largest absolute Gasteiger partial charge is 0.490 e. The fourth-order valence-electron chi connectivity index (χ4n) is 5.55. The lowest BCUT2D eigenvalue weighted by atomic mass is 9.97. The maximum Gasteiger partial charge on any atom is 0.295 e. The standard InChI is InChI=1S/C33H29FN6O4/c34-25-6-2-4-8-28(25)44-29-17-20-18-37-33(38-21-9-11-22(12-10-21)43-23-13-15-35-16-14-23)39-31(20)40(32(29)42)27-19-36-26-7-3-1-5-24(26)30(27)41/h1-12,17-18,23,27,35-36H,13-16,19H2,(H,37,38,39). The van der Waals surface area contributed by atoms with Crippen molar-refractivity contribution >= 4 is 34.1 Å². The molecule has 2 aliphatic rings. The Morgan fingerprint density at radius 3 is 2.52 bits per heavy atom. The Bertz CT molecular complexity index is 1910. The molecular weight excluding hydrogens is 563 g/mol. The van der Waals surface area contributed by atoms with Gasteiger partial charge in [-0.15, -0.1) is 0 Å². The molecule has 1 fully saturated rings. The Hall–Kier alpha value is -5.29. The zero-order valence-corrected chi connectivity index (χ0v) is 23.6. The van der Waals surface area contributed by atoms with E-state index in [1.807, 2.05) is 36.4 Å². The monoisotopic (exact) mass is 592 g/mol. The molecule has 11 heteroatoms. The fraction of sp³-hybridized carbons (Fsp3) is 0.212. The van der Waals surface area contributed by atoms with Gasteiger partial charge in [-0.05, 0) is 80.5 Å². The lowest BCUT2D eigenvalue weighted by molar-refractivity contribution is 0.0927. The summed E-state index contributed by atoms with van der Waals surface area (Å²) in [6.07, 6.45) is 3.65. The van der Waals surface area contributed by atoms with Crippen LogP contribution in [0.2, 0.25) is 0 Å². The summed E-state index contributed by atoms with van der Waals surface area (Å²) in [5.41, 5.74) is 1.49. The van der Waals surface area contributed by atoms with Gasteiger partial charge in [-0.1, -0.05) is 24.3 Å². The summed E-state index contributed by atoms with van der Waals surface area (Å²) >= 11 is 0. The highest BCUT2D eigenvalue weighted by atomic mass is 19.1. The summed E-state index contributed by atoms with van der Waals surface area (Å²) in [5.74, 6) is -0.114. The third-order valence-electron chi connectivity index (χ3n) is 7.79. The highest BCUT2D eigenvalue weighted by Gasteiger charge is 2.32. The van der Waals surface area contributed by atoms with Crippen molar-refractivity contribution in [3.05, 3.63) is 107 Å². The number of ether oxygens (including phenoxy) is 2. The molecule has 1 saturated heterocycles. The Morgan fingerprint density at radius 2 is 1.70 bits per heavy atom. The Labute approximate surface area is 251 Å². The Kier molecular flexibility index (Phi) is 7.37. The van der Waals surface area contributed by atoms with Gasteiger partial charge in [-0.3, -0.25) is 14.2 Å². The summed E-state index contributed by atoms with van der Waals surface area (Å²) in [5, 5.41) is 10.2. The Balaban J connectivity index is 1.25. The molecule has 0 saturated carbocycles. The van der Waals surface area contributed by atoms with Crippen LogP contribution in [0.25, 0.3) is 11.0 Å². The average Bonchev–Trinajstić information content (AvgIpc) is 3.05. The zero-order chi connectivity index (χ0) is 30.0. The molecule has 2 aliphatic heterocycles. The lowest BCUT2D eigenvalue weighted by Crippen LogP contribution is -2.38. The van der Waals surface area contributed by atoms with Gasteiger partial charge in [-0.25, -0.2) is 9.37 Å². The van der Waals surface area contributed by atoms with E-state index in [-0.39, 0.29) is 41.5 Å². The van der Waals surface area contributed by atoms with E-state index in [1.165, 1.54) is 35.0 Å². The van der Waals surface area contributed by atoms with Crippen LogP contribution in [0.1, 0.15) is 29.2 Å². The third-order valence-corrected chi connectivity index (χ3v) is 7.79. The summed E-state index contributed by atoms with van der Waals surface area (Å²) < 4.78 is 27.6. The van der Waals surface area contributed by atoms with E-state index in [0.717, 1.165) is 37.4 Å². The van der Waals surface area contributed by atoms with E-state index < -0.39 is 17.4 Å². The number of pyridine rings is 1. The SMILES string of the molecule is O=C1c2ccccc2NCC1n1c(=O)c(Oc2ccccc2F)cc2cnc(Nc3ccc(OC4CCNCC4)cc3)nc21. The number of para-hydroxylation sites is 2. The highest BCUT2D eigenvalue weighted by molar-refractivity contribution is 6.06. The van der Waals surface area contributed by atoms with E-state index in [2.05, 4.69) is 25.9 Å². The number of benzene rings is 3. The van der Waals surface area contributed by atoms with E-state index in [0.29, 0.717) is 16.6 Å². The second-order valence-electron chi connectivity index (χ2n) is 10.7. The quantitative estimate of drug-likeness (QED) is 0.227. The number of carbonyl (C=O) groups is 1. The number of carbonyl (C=O) groups excluding carboxylic acids is 1. The van der Waals surface area contributed by atoms with Crippen LogP contribution in [0.4, 0.5) is 21.7 Å². The number of ketones is 1. The smallest absolute Gasteiger partial charge is 0.295 e. The minimum absolute atomic E-state index is 0.110. The van der Waals surface area contributed by atoms with Crippen molar-refractivity contribution in [3.8, 4) is 17.2 Å². The maximum atomic E-state index is 14.5. The van der Waals surface area contributed by atoms with Crippen molar-refractivity contribution in [1.29, 1.82) is 0 Å². The van der Waals surface area contributed by atoms with Gasteiger partial charge in [0.25, 0.3) is 5.56 Å². The van der Waals surface area contributed by atoms with Crippen LogP contribution in [-0.2, 0) is 0 Å². The van der Waals surface area contributed by atoms with Crippen LogP contribution in [0, 0.1) is 5.82 Å². The van der Waals surface area contributed by atoms with Crippen LogP contribution in [-0.4, -0.2) is 46.1 Å². The molecule has 2 aromatic heterocycles. The van der Waals surface area contributed by atoms with Crippen LogP contribution in [0.5, 0.6) is 17.2 Å². The molecule has 0 bridgehead atoms. The van der Waals surface area contributed by atoms with Crippen LogP contribution < -0.4 is 31.0 Å². The molecule has 0 aliphatic carbocycles. The van der Waals surface area contributed by atoms with E-state index in [1.54, 1.807) is 18.2 Å². The molecule has 0 spiro atoms. The van der Waals surface area contributed by atoms with Gasteiger partial charge in [0.2, 0.25) is 5.95 Å².